The number of hydrogen-bond donors (Lipinski definition) is 0. The molecule has 2 nitrogen and oxygen atoms in total. The van der Waals surface area contributed by atoms with E-state index in [1.165, 1.54) is 11.1 Å². The maximum atomic E-state index is 5.95. The van der Waals surface area contributed by atoms with Crippen LogP contribution in [0.3, 0.4) is 0 Å². The second kappa shape index (κ2) is 6.51. The van der Waals surface area contributed by atoms with Crippen LogP contribution >= 0.6 is 0 Å². The minimum atomic E-state index is 0.0453. The maximum absolute atomic E-state index is 5.95. The summed E-state index contributed by atoms with van der Waals surface area (Å²) in [5.41, 5.74) is 2.38. The van der Waals surface area contributed by atoms with Crippen LogP contribution < -0.4 is 0 Å². The summed E-state index contributed by atoms with van der Waals surface area (Å²) >= 11 is 0. The molecule has 0 aliphatic carbocycles. The zero-order valence-corrected chi connectivity index (χ0v) is 11.3. The molecule has 0 aromatic heterocycles. The molecule has 0 radical (unpaired) electrons. The fourth-order valence-corrected chi connectivity index (χ4v) is 2.30. The van der Waals surface area contributed by atoms with Crippen LogP contribution in [0.1, 0.15) is 17.2 Å². The Morgan fingerprint density at radius 1 is 0.850 bits per heavy atom. The first-order valence-electron chi connectivity index (χ1n) is 6.92. The fraction of sp³-hybridized carbons (Fsp3) is 0.222. The van der Waals surface area contributed by atoms with Gasteiger partial charge >= 0.3 is 0 Å². The molecular formula is C18H18O2. The lowest BCUT2D eigenvalue weighted by Gasteiger charge is -2.14. The monoisotopic (exact) mass is 266 g/mol. The van der Waals surface area contributed by atoms with Gasteiger partial charge in [0.2, 0.25) is 0 Å². The Kier molecular flexibility index (Phi) is 4.26. The van der Waals surface area contributed by atoms with E-state index in [1.807, 2.05) is 36.4 Å². The molecule has 3 rings (SSSR count). The van der Waals surface area contributed by atoms with Gasteiger partial charge < -0.3 is 9.47 Å². The van der Waals surface area contributed by atoms with Crippen molar-refractivity contribution >= 4 is 0 Å². The van der Waals surface area contributed by atoms with E-state index < -0.39 is 0 Å². The van der Waals surface area contributed by atoms with Crippen molar-refractivity contribution in [2.24, 2.45) is 0 Å². The van der Waals surface area contributed by atoms with Crippen molar-refractivity contribution in [2.45, 2.75) is 18.8 Å². The normalized spacial score (nSPS) is 21.2. The minimum Gasteiger partial charge on any atom is -0.374 e. The van der Waals surface area contributed by atoms with E-state index in [0.29, 0.717) is 13.2 Å². The Bertz CT molecular complexity index is 548. The average Bonchev–Trinajstić information content (AvgIpc) is 2.98. The smallest absolute Gasteiger partial charge is 0.102 e. The first-order valence-corrected chi connectivity index (χ1v) is 6.92. The van der Waals surface area contributed by atoms with Crippen LogP contribution in [0, 0.1) is 0 Å². The molecule has 2 atom stereocenters. The zero-order chi connectivity index (χ0) is 13.6. The van der Waals surface area contributed by atoms with Crippen LogP contribution in [0.2, 0.25) is 0 Å². The molecule has 2 aromatic carbocycles. The highest BCUT2D eigenvalue weighted by molar-refractivity contribution is 5.23. The first kappa shape index (κ1) is 13.1. The third-order valence-electron chi connectivity index (χ3n) is 3.34. The van der Waals surface area contributed by atoms with Crippen LogP contribution in [-0.2, 0) is 16.1 Å². The lowest BCUT2D eigenvalue weighted by Crippen LogP contribution is -2.15. The maximum Gasteiger partial charge on any atom is 0.102 e. The van der Waals surface area contributed by atoms with E-state index in [0.717, 1.165) is 0 Å². The molecule has 0 amide bonds. The van der Waals surface area contributed by atoms with Gasteiger partial charge in [0.1, 0.15) is 12.2 Å². The van der Waals surface area contributed by atoms with Gasteiger partial charge in [0.05, 0.1) is 13.2 Å². The topological polar surface area (TPSA) is 18.5 Å². The summed E-state index contributed by atoms with van der Waals surface area (Å²) in [4.78, 5) is 0. The van der Waals surface area contributed by atoms with Gasteiger partial charge in [0.25, 0.3) is 0 Å². The molecule has 0 saturated heterocycles. The summed E-state index contributed by atoms with van der Waals surface area (Å²) in [6.07, 6.45) is 4.29. The summed E-state index contributed by atoms with van der Waals surface area (Å²) < 4.78 is 11.7. The van der Waals surface area contributed by atoms with Gasteiger partial charge in [-0.15, -0.1) is 0 Å². The molecular weight excluding hydrogens is 248 g/mol. The Hall–Kier alpha value is -1.90. The fourth-order valence-electron chi connectivity index (χ4n) is 2.30. The lowest BCUT2D eigenvalue weighted by molar-refractivity contribution is -0.00887. The van der Waals surface area contributed by atoms with Crippen molar-refractivity contribution in [1.82, 2.24) is 0 Å². The van der Waals surface area contributed by atoms with Gasteiger partial charge in [-0.25, -0.2) is 0 Å². The predicted molar refractivity (Wildman–Crippen MR) is 79.3 cm³/mol. The molecule has 102 valence electrons. The molecule has 1 aliphatic heterocycles. The highest BCUT2D eigenvalue weighted by atomic mass is 16.5. The molecule has 0 N–H and O–H groups in total. The number of benzene rings is 2. The van der Waals surface area contributed by atoms with Crippen molar-refractivity contribution in [2.75, 3.05) is 6.61 Å². The summed E-state index contributed by atoms with van der Waals surface area (Å²) in [7, 11) is 0. The number of hydrogen-bond acceptors (Lipinski definition) is 2. The Morgan fingerprint density at radius 3 is 2.30 bits per heavy atom. The Balaban J connectivity index is 1.46. The van der Waals surface area contributed by atoms with Crippen LogP contribution in [0.5, 0.6) is 0 Å². The molecule has 0 fully saturated rings. The third kappa shape index (κ3) is 3.35. The van der Waals surface area contributed by atoms with E-state index in [-0.39, 0.29) is 12.2 Å². The molecule has 0 saturated carbocycles. The van der Waals surface area contributed by atoms with Crippen LogP contribution in [0.4, 0.5) is 0 Å². The highest BCUT2D eigenvalue weighted by Gasteiger charge is 2.20. The van der Waals surface area contributed by atoms with Crippen molar-refractivity contribution in [1.29, 1.82) is 0 Å². The summed E-state index contributed by atoms with van der Waals surface area (Å²) in [5, 5.41) is 0. The second-order valence-corrected chi connectivity index (χ2v) is 4.89. The van der Waals surface area contributed by atoms with Crippen LogP contribution in [0.15, 0.2) is 72.8 Å². The van der Waals surface area contributed by atoms with Crippen molar-refractivity contribution in [3.63, 3.8) is 0 Å². The first-order chi connectivity index (χ1) is 9.92. The Morgan fingerprint density at radius 2 is 1.55 bits per heavy atom. The van der Waals surface area contributed by atoms with Crippen molar-refractivity contribution in [3.8, 4) is 0 Å². The van der Waals surface area contributed by atoms with Crippen molar-refractivity contribution < 1.29 is 9.47 Å². The zero-order valence-electron chi connectivity index (χ0n) is 11.3. The molecule has 1 heterocycles. The van der Waals surface area contributed by atoms with E-state index in [2.05, 4.69) is 36.4 Å². The molecule has 0 bridgehead atoms. The highest BCUT2D eigenvalue weighted by Crippen LogP contribution is 2.26. The van der Waals surface area contributed by atoms with Crippen LogP contribution in [0.25, 0.3) is 0 Å². The van der Waals surface area contributed by atoms with Crippen LogP contribution in [-0.4, -0.2) is 12.7 Å². The SMILES string of the molecule is C1=C[C@H](c2ccccc2)O[C@H]1COCc1ccccc1. The molecule has 0 spiro atoms. The molecule has 20 heavy (non-hydrogen) atoms. The molecule has 2 heteroatoms. The van der Waals surface area contributed by atoms with Gasteiger partial charge in [0.15, 0.2) is 0 Å². The van der Waals surface area contributed by atoms with E-state index >= 15 is 0 Å². The Labute approximate surface area is 119 Å². The molecule has 2 aromatic rings. The summed E-state index contributed by atoms with van der Waals surface area (Å²) in [6, 6.07) is 20.4. The minimum absolute atomic E-state index is 0.0453. The lowest BCUT2D eigenvalue weighted by atomic mass is 10.1. The van der Waals surface area contributed by atoms with Gasteiger partial charge in [-0.2, -0.15) is 0 Å². The third-order valence-corrected chi connectivity index (χ3v) is 3.34. The average molecular weight is 266 g/mol. The number of rotatable bonds is 5. The second-order valence-electron chi connectivity index (χ2n) is 4.89. The van der Waals surface area contributed by atoms with E-state index in [9.17, 15) is 0 Å². The van der Waals surface area contributed by atoms with E-state index in [1.54, 1.807) is 0 Å². The largest absolute Gasteiger partial charge is 0.374 e. The van der Waals surface area contributed by atoms with Gasteiger partial charge in [-0.1, -0.05) is 72.8 Å². The number of ether oxygens (including phenoxy) is 2. The summed E-state index contributed by atoms with van der Waals surface area (Å²) in [6.45, 7) is 1.22. The molecule has 1 aliphatic rings. The van der Waals surface area contributed by atoms with Crippen molar-refractivity contribution in [3.05, 3.63) is 83.9 Å². The summed E-state index contributed by atoms with van der Waals surface area (Å²) in [5.74, 6) is 0. The van der Waals surface area contributed by atoms with Gasteiger partial charge in [-0.05, 0) is 11.1 Å². The van der Waals surface area contributed by atoms with Gasteiger partial charge in [-0.3, -0.25) is 0 Å². The quantitative estimate of drug-likeness (QED) is 0.764. The van der Waals surface area contributed by atoms with Gasteiger partial charge in [0, 0.05) is 0 Å². The predicted octanol–water partition coefficient (Wildman–Crippen LogP) is 3.90. The standard InChI is InChI=1S/C18H18O2/c1-3-7-15(8-4-1)13-19-14-17-11-12-18(20-17)16-9-5-2-6-10-16/h1-12,17-18H,13-14H2/t17-,18-/m1/s1. The van der Waals surface area contributed by atoms with E-state index in [4.69, 9.17) is 9.47 Å². The molecule has 0 unspecified atom stereocenters.